The second kappa shape index (κ2) is 6.77. The van der Waals surface area contributed by atoms with Gasteiger partial charge in [-0.3, -0.25) is 4.79 Å². The standard InChI is InChI=1S/C16H12ClN3OS/c17-14-3-1-2-13(8-14)12-6-4-11(5-7-12)9-18-20-16-19-15(21)10-22-16/h1-9H,10H2,(H,19,20,21). The molecule has 2 aromatic rings. The quantitative estimate of drug-likeness (QED) is 0.691. The number of nitrogens with one attached hydrogen (secondary N) is 1. The van der Waals surface area contributed by atoms with Crippen molar-refractivity contribution in [2.45, 2.75) is 0 Å². The lowest BCUT2D eigenvalue weighted by Gasteiger charge is -2.02. The molecule has 4 nitrogen and oxygen atoms in total. The number of rotatable bonds is 3. The van der Waals surface area contributed by atoms with Gasteiger partial charge in [0.1, 0.15) is 0 Å². The van der Waals surface area contributed by atoms with Gasteiger partial charge in [0.2, 0.25) is 5.91 Å². The van der Waals surface area contributed by atoms with Gasteiger partial charge in [-0.15, -0.1) is 5.10 Å². The molecule has 1 aliphatic rings. The van der Waals surface area contributed by atoms with E-state index in [4.69, 9.17) is 11.6 Å². The average molecular weight is 330 g/mol. The number of thioether (sulfide) groups is 1. The summed E-state index contributed by atoms with van der Waals surface area (Å²) in [5, 5.41) is 11.8. The minimum absolute atomic E-state index is 0.0372. The largest absolute Gasteiger partial charge is 0.303 e. The molecule has 1 N–H and O–H groups in total. The third-order valence-corrected chi connectivity index (χ3v) is 4.11. The smallest absolute Gasteiger partial charge is 0.236 e. The Kier molecular flexibility index (Phi) is 4.56. The van der Waals surface area contributed by atoms with Crippen molar-refractivity contribution in [3.05, 3.63) is 59.1 Å². The Hall–Kier alpha value is -2.11. The lowest BCUT2D eigenvalue weighted by atomic mass is 10.0. The second-order valence-electron chi connectivity index (χ2n) is 4.62. The van der Waals surface area contributed by atoms with Crippen LogP contribution in [-0.2, 0) is 4.79 Å². The van der Waals surface area contributed by atoms with Crippen LogP contribution in [0.5, 0.6) is 0 Å². The fraction of sp³-hybridized carbons (Fsp3) is 0.0625. The SMILES string of the molecule is O=C1CSC(=NN=Cc2ccc(-c3cccc(Cl)c3)cc2)N1. The van der Waals surface area contributed by atoms with Gasteiger partial charge in [0.25, 0.3) is 0 Å². The zero-order chi connectivity index (χ0) is 15.4. The van der Waals surface area contributed by atoms with Gasteiger partial charge in [-0.25, -0.2) is 0 Å². The number of carbonyl (C=O) groups is 1. The molecule has 1 aliphatic heterocycles. The summed E-state index contributed by atoms with van der Waals surface area (Å²) >= 11 is 7.35. The van der Waals surface area contributed by atoms with Crippen LogP contribution in [0.3, 0.4) is 0 Å². The number of nitrogens with zero attached hydrogens (tertiary/aromatic N) is 2. The van der Waals surface area contributed by atoms with Gasteiger partial charge >= 0.3 is 0 Å². The Labute approximate surface area is 137 Å². The van der Waals surface area contributed by atoms with Gasteiger partial charge in [0.15, 0.2) is 5.17 Å². The molecule has 0 radical (unpaired) electrons. The zero-order valence-electron chi connectivity index (χ0n) is 11.5. The van der Waals surface area contributed by atoms with Crippen molar-refractivity contribution >= 4 is 40.7 Å². The van der Waals surface area contributed by atoms with Crippen LogP contribution in [0, 0.1) is 0 Å². The normalized spacial score (nSPS) is 16.4. The molecule has 2 aromatic carbocycles. The topological polar surface area (TPSA) is 53.8 Å². The number of carbonyl (C=O) groups excluding carboxylic acids is 1. The van der Waals surface area contributed by atoms with E-state index in [1.165, 1.54) is 11.8 Å². The van der Waals surface area contributed by atoms with Crippen molar-refractivity contribution in [3.63, 3.8) is 0 Å². The Morgan fingerprint density at radius 1 is 1.14 bits per heavy atom. The first-order chi connectivity index (χ1) is 10.7. The molecular formula is C16H12ClN3OS. The zero-order valence-corrected chi connectivity index (χ0v) is 13.1. The summed E-state index contributed by atoms with van der Waals surface area (Å²) in [6.45, 7) is 0. The van der Waals surface area contributed by atoms with Crippen molar-refractivity contribution in [2.24, 2.45) is 10.2 Å². The molecule has 0 bridgehead atoms. The van der Waals surface area contributed by atoms with Crippen LogP contribution in [0.2, 0.25) is 5.02 Å². The van der Waals surface area contributed by atoms with E-state index >= 15 is 0 Å². The molecule has 0 atom stereocenters. The average Bonchev–Trinajstić information content (AvgIpc) is 2.93. The minimum Gasteiger partial charge on any atom is -0.303 e. The molecule has 3 rings (SSSR count). The molecule has 0 aliphatic carbocycles. The number of benzene rings is 2. The second-order valence-corrected chi connectivity index (χ2v) is 6.02. The van der Waals surface area contributed by atoms with Crippen LogP contribution in [0.15, 0.2) is 58.7 Å². The van der Waals surface area contributed by atoms with Gasteiger partial charge < -0.3 is 5.32 Å². The van der Waals surface area contributed by atoms with Gasteiger partial charge in [-0.2, -0.15) is 5.10 Å². The van der Waals surface area contributed by atoms with E-state index in [9.17, 15) is 4.79 Å². The monoisotopic (exact) mass is 329 g/mol. The Bertz CT molecular complexity index is 756. The first-order valence-electron chi connectivity index (χ1n) is 6.60. The molecular weight excluding hydrogens is 318 g/mol. The maximum absolute atomic E-state index is 11.0. The fourth-order valence-electron chi connectivity index (χ4n) is 1.96. The van der Waals surface area contributed by atoms with Crippen molar-refractivity contribution in [1.29, 1.82) is 0 Å². The molecule has 1 heterocycles. The summed E-state index contributed by atoms with van der Waals surface area (Å²) in [4.78, 5) is 11.0. The maximum atomic E-state index is 11.0. The number of amidine groups is 1. The third kappa shape index (κ3) is 3.75. The first kappa shape index (κ1) is 14.8. The summed E-state index contributed by atoms with van der Waals surface area (Å²) in [6.07, 6.45) is 1.65. The third-order valence-electron chi connectivity index (χ3n) is 3.01. The number of hydrogen-bond donors (Lipinski definition) is 1. The molecule has 1 saturated heterocycles. The van der Waals surface area contributed by atoms with Crippen molar-refractivity contribution < 1.29 is 4.79 Å². The molecule has 6 heteroatoms. The van der Waals surface area contributed by atoms with Crippen LogP contribution >= 0.6 is 23.4 Å². The summed E-state index contributed by atoms with van der Waals surface area (Å²) in [6, 6.07) is 15.7. The summed E-state index contributed by atoms with van der Waals surface area (Å²) in [7, 11) is 0. The molecule has 1 amide bonds. The van der Waals surface area contributed by atoms with Crippen molar-refractivity contribution in [3.8, 4) is 11.1 Å². The van der Waals surface area contributed by atoms with E-state index in [1.54, 1.807) is 6.21 Å². The van der Waals surface area contributed by atoms with Gasteiger partial charge in [-0.1, -0.05) is 59.8 Å². The Morgan fingerprint density at radius 2 is 1.95 bits per heavy atom. The number of hydrogen-bond acceptors (Lipinski definition) is 4. The van der Waals surface area contributed by atoms with E-state index < -0.39 is 0 Å². The predicted molar refractivity (Wildman–Crippen MR) is 92.5 cm³/mol. The van der Waals surface area contributed by atoms with Gasteiger partial charge in [0, 0.05) is 5.02 Å². The summed E-state index contributed by atoms with van der Waals surface area (Å²) in [5.41, 5.74) is 3.09. The molecule has 0 saturated carbocycles. The first-order valence-corrected chi connectivity index (χ1v) is 7.97. The van der Waals surface area contributed by atoms with Crippen LogP contribution in [0.1, 0.15) is 5.56 Å². The highest BCUT2D eigenvalue weighted by Gasteiger charge is 2.15. The molecule has 22 heavy (non-hydrogen) atoms. The van der Waals surface area contributed by atoms with Crippen molar-refractivity contribution in [2.75, 3.05) is 5.75 Å². The van der Waals surface area contributed by atoms with E-state index in [0.29, 0.717) is 10.9 Å². The highest BCUT2D eigenvalue weighted by atomic mass is 35.5. The predicted octanol–water partition coefficient (Wildman–Crippen LogP) is 3.56. The Morgan fingerprint density at radius 3 is 2.64 bits per heavy atom. The van der Waals surface area contributed by atoms with E-state index in [2.05, 4.69) is 15.5 Å². The fourth-order valence-corrected chi connectivity index (χ4v) is 2.78. The molecule has 0 aromatic heterocycles. The molecule has 0 unspecified atom stereocenters. The number of amides is 1. The lowest BCUT2D eigenvalue weighted by Crippen LogP contribution is -2.19. The van der Waals surface area contributed by atoms with E-state index in [1.807, 2.05) is 48.5 Å². The minimum atomic E-state index is -0.0372. The van der Waals surface area contributed by atoms with Crippen LogP contribution in [0.4, 0.5) is 0 Å². The summed E-state index contributed by atoms with van der Waals surface area (Å²) < 4.78 is 0. The molecule has 110 valence electrons. The van der Waals surface area contributed by atoms with E-state index in [0.717, 1.165) is 21.7 Å². The lowest BCUT2D eigenvalue weighted by molar-refractivity contribution is -0.116. The van der Waals surface area contributed by atoms with Crippen molar-refractivity contribution in [1.82, 2.24) is 5.32 Å². The van der Waals surface area contributed by atoms with Gasteiger partial charge in [0.05, 0.1) is 12.0 Å². The van der Waals surface area contributed by atoms with Crippen LogP contribution in [-0.4, -0.2) is 23.0 Å². The Balaban J connectivity index is 1.70. The van der Waals surface area contributed by atoms with E-state index in [-0.39, 0.29) is 5.91 Å². The number of halogens is 1. The maximum Gasteiger partial charge on any atom is 0.236 e. The summed E-state index contributed by atoms with van der Waals surface area (Å²) in [5.74, 6) is 0.368. The van der Waals surface area contributed by atoms with Gasteiger partial charge in [-0.05, 0) is 28.8 Å². The van der Waals surface area contributed by atoms with Crippen LogP contribution < -0.4 is 5.32 Å². The highest BCUT2D eigenvalue weighted by Crippen LogP contribution is 2.22. The highest BCUT2D eigenvalue weighted by molar-refractivity contribution is 8.15. The van der Waals surface area contributed by atoms with Crippen LogP contribution in [0.25, 0.3) is 11.1 Å². The molecule has 0 spiro atoms. The molecule has 1 fully saturated rings.